The Bertz CT molecular complexity index is 907. The fraction of sp³-hybridized carbons (Fsp3) is 0.316. The fourth-order valence-electron chi connectivity index (χ4n) is 2.71. The van der Waals surface area contributed by atoms with Crippen molar-refractivity contribution in [1.29, 1.82) is 5.26 Å². The maximum absolute atomic E-state index is 13.0. The first kappa shape index (κ1) is 18.3. The molecule has 2 rings (SSSR count). The first-order valence-corrected chi connectivity index (χ1v) is 8.02. The number of rotatable bonds is 6. The van der Waals surface area contributed by atoms with Crippen LogP contribution in [0.5, 0.6) is 11.6 Å². The number of benzene rings is 1. The quantitative estimate of drug-likeness (QED) is 0.816. The van der Waals surface area contributed by atoms with Crippen LogP contribution in [0.3, 0.4) is 0 Å². The van der Waals surface area contributed by atoms with Crippen LogP contribution in [0, 0.1) is 18.3 Å². The van der Waals surface area contributed by atoms with E-state index in [1.165, 1.54) is 14.0 Å². The fourth-order valence-corrected chi connectivity index (χ4v) is 2.71. The molecule has 0 aliphatic rings. The average Bonchev–Trinajstić information content (AvgIpc) is 2.61. The van der Waals surface area contributed by atoms with Crippen molar-refractivity contribution >= 4 is 5.78 Å². The molecule has 0 aliphatic heterocycles. The Labute approximate surface area is 145 Å². The summed E-state index contributed by atoms with van der Waals surface area (Å²) in [7, 11) is 1.45. The molecule has 0 aliphatic carbocycles. The van der Waals surface area contributed by atoms with Crippen molar-refractivity contribution in [2.24, 2.45) is 0 Å². The van der Waals surface area contributed by atoms with Gasteiger partial charge in [0.05, 0.1) is 18.2 Å². The second-order valence-electron chi connectivity index (χ2n) is 5.65. The Balaban J connectivity index is 2.74. The molecule has 2 aromatic rings. The highest BCUT2D eigenvalue weighted by Gasteiger charge is 2.26. The maximum atomic E-state index is 13.0. The SMILES string of the molecule is CCCCn1c(O)c(C(=O)c2ccccc2OC)c(C)c(C#N)c1=O. The summed E-state index contributed by atoms with van der Waals surface area (Å²) < 4.78 is 6.30. The van der Waals surface area contributed by atoms with Gasteiger partial charge in [-0.3, -0.25) is 14.2 Å². The smallest absolute Gasteiger partial charge is 0.271 e. The summed E-state index contributed by atoms with van der Waals surface area (Å²) in [5.74, 6) is -0.545. The number of nitriles is 1. The van der Waals surface area contributed by atoms with Gasteiger partial charge in [-0.25, -0.2) is 0 Å². The molecule has 0 amide bonds. The van der Waals surface area contributed by atoms with Crippen LogP contribution in [0.15, 0.2) is 29.1 Å². The van der Waals surface area contributed by atoms with Crippen LogP contribution in [-0.4, -0.2) is 22.6 Å². The number of hydrogen-bond donors (Lipinski definition) is 1. The van der Waals surface area contributed by atoms with Crippen LogP contribution in [0.25, 0.3) is 0 Å². The second kappa shape index (κ2) is 7.67. The highest BCUT2D eigenvalue weighted by atomic mass is 16.5. The van der Waals surface area contributed by atoms with Gasteiger partial charge in [0.2, 0.25) is 11.7 Å². The number of unbranched alkanes of at least 4 members (excludes halogenated alkanes) is 1. The topological polar surface area (TPSA) is 92.3 Å². The number of carbonyl (C=O) groups is 1. The van der Waals surface area contributed by atoms with E-state index in [9.17, 15) is 20.0 Å². The monoisotopic (exact) mass is 340 g/mol. The minimum Gasteiger partial charge on any atom is -0.496 e. The number of pyridine rings is 1. The predicted octanol–water partition coefficient (Wildman–Crippen LogP) is 2.77. The number of methoxy groups -OCH3 is 1. The zero-order valence-corrected chi connectivity index (χ0v) is 14.5. The van der Waals surface area contributed by atoms with E-state index in [4.69, 9.17) is 4.74 Å². The maximum Gasteiger partial charge on any atom is 0.271 e. The summed E-state index contributed by atoms with van der Waals surface area (Å²) >= 11 is 0. The van der Waals surface area contributed by atoms with E-state index in [1.807, 2.05) is 13.0 Å². The third kappa shape index (κ3) is 3.26. The number of aromatic hydroxyl groups is 1. The van der Waals surface area contributed by atoms with Gasteiger partial charge in [0, 0.05) is 6.54 Å². The average molecular weight is 340 g/mol. The summed E-state index contributed by atoms with van der Waals surface area (Å²) in [6, 6.07) is 8.48. The first-order valence-electron chi connectivity index (χ1n) is 8.02. The summed E-state index contributed by atoms with van der Waals surface area (Å²) in [6.07, 6.45) is 1.45. The minimum absolute atomic E-state index is 0.0447. The van der Waals surface area contributed by atoms with Crippen molar-refractivity contribution in [2.75, 3.05) is 7.11 Å². The van der Waals surface area contributed by atoms with Crippen LogP contribution in [0.2, 0.25) is 0 Å². The van der Waals surface area contributed by atoms with E-state index >= 15 is 0 Å². The van der Waals surface area contributed by atoms with Gasteiger partial charge in [-0.2, -0.15) is 5.26 Å². The summed E-state index contributed by atoms with van der Waals surface area (Å²) in [6.45, 7) is 3.68. The number of hydrogen-bond acceptors (Lipinski definition) is 5. The largest absolute Gasteiger partial charge is 0.496 e. The van der Waals surface area contributed by atoms with Crippen molar-refractivity contribution in [3.05, 3.63) is 56.9 Å². The van der Waals surface area contributed by atoms with E-state index in [-0.39, 0.29) is 28.8 Å². The number of ketones is 1. The Hall–Kier alpha value is -3.07. The van der Waals surface area contributed by atoms with Gasteiger partial charge >= 0.3 is 0 Å². The van der Waals surface area contributed by atoms with Crippen molar-refractivity contribution in [3.63, 3.8) is 0 Å². The zero-order valence-electron chi connectivity index (χ0n) is 14.5. The minimum atomic E-state index is -0.581. The molecule has 1 heterocycles. The summed E-state index contributed by atoms with van der Waals surface area (Å²) in [4.78, 5) is 25.4. The predicted molar refractivity (Wildman–Crippen MR) is 93.2 cm³/mol. The van der Waals surface area contributed by atoms with Gasteiger partial charge in [-0.1, -0.05) is 25.5 Å². The van der Waals surface area contributed by atoms with Gasteiger partial charge < -0.3 is 9.84 Å². The van der Waals surface area contributed by atoms with Gasteiger partial charge in [0.1, 0.15) is 17.4 Å². The zero-order chi connectivity index (χ0) is 18.6. The number of para-hydroxylation sites is 1. The van der Waals surface area contributed by atoms with Crippen LogP contribution < -0.4 is 10.3 Å². The molecule has 0 spiro atoms. The lowest BCUT2D eigenvalue weighted by Gasteiger charge is -2.16. The molecule has 6 nitrogen and oxygen atoms in total. The molecule has 1 N–H and O–H groups in total. The lowest BCUT2D eigenvalue weighted by Crippen LogP contribution is -2.27. The van der Waals surface area contributed by atoms with E-state index < -0.39 is 17.2 Å². The summed E-state index contributed by atoms with van der Waals surface area (Å²) in [5, 5.41) is 19.9. The second-order valence-corrected chi connectivity index (χ2v) is 5.65. The van der Waals surface area contributed by atoms with Crippen LogP contribution in [-0.2, 0) is 6.54 Å². The van der Waals surface area contributed by atoms with E-state index in [0.717, 1.165) is 11.0 Å². The molecule has 1 aromatic carbocycles. The first-order chi connectivity index (χ1) is 12.0. The molecule has 0 unspecified atom stereocenters. The third-order valence-corrected chi connectivity index (χ3v) is 4.11. The Morgan fingerprint density at radius 3 is 2.64 bits per heavy atom. The molecular formula is C19H20N2O4. The van der Waals surface area contributed by atoms with Crippen molar-refractivity contribution in [3.8, 4) is 17.7 Å². The lowest BCUT2D eigenvalue weighted by atomic mass is 9.96. The summed E-state index contributed by atoms with van der Waals surface area (Å²) in [5.41, 5.74) is -0.326. The molecule has 0 bridgehead atoms. The normalized spacial score (nSPS) is 10.3. The molecule has 6 heteroatoms. The van der Waals surface area contributed by atoms with Gasteiger partial charge in [-0.15, -0.1) is 0 Å². The molecule has 1 aromatic heterocycles. The lowest BCUT2D eigenvalue weighted by molar-refractivity contribution is 0.103. The number of ether oxygens (including phenoxy) is 1. The van der Waals surface area contributed by atoms with Crippen molar-refractivity contribution in [1.82, 2.24) is 4.57 Å². The van der Waals surface area contributed by atoms with E-state index in [1.54, 1.807) is 24.3 Å². The molecular weight excluding hydrogens is 320 g/mol. The van der Waals surface area contributed by atoms with Crippen molar-refractivity contribution < 1.29 is 14.6 Å². The van der Waals surface area contributed by atoms with Gasteiger partial charge in [0.15, 0.2) is 0 Å². The molecule has 0 atom stereocenters. The van der Waals surface area contributed by atoms with Crippen LogP contribution in [0.1, 0.15) is 46.8 Å². The molecule has 0 saturated heterocycles. The molecule has 0 radical (unpaired) electrons. The molecule has 130 valence electrons. The number of aromatic nitrogens is 1. The number of nitrogens with zero attached hydrogens (tertiary/aromatic N) is 2. The van der Waals surface area contributed by atoms with Crippen molar-refractivity contribution in [2.45, 2.75) is 33.2 Å². The molecule has 0 saturated carbocycles. The van der Waals surface area contributed by atoms with E-state index in [0.29, 0.717) is 12.2 Å². The van der Waals surface area contributed by atoms with Crippen LogP contribution in [0.4, 0.5) is 0 Å². The molecule has 0 fully saturated rings. The highest BCUT2D eigenvalue weighted by Crippen LogP contribution is 2.28. The number of carbonyl (C=O) groups excluding carboxylic acids is 1. The highest BCUT2D eigenvalue weighted by molar-refractivity contribution is 6.13. The van der Waals surface area contributed by atoms with Gasteiger partial charge in [0.25, 0.3) is 5.56 Å². The standard InChI is InChI=1S/C19H20N2O4/c1-4-5-10-21-18(23)14(11-20)12(2)16(19(21)24)17(22)13-8-6-7-9-15(13)25-3/h6-9,24H,4-5,10H2,1-3H3. The Kier molecular flexibility index (Phi) is 5.60. The Morgan fingerprint density at radius 2 is 2.04 bits per heavy atom. The third-order valence-electron chi connectivity index (χ3n) is 4.11. The van der Waals surface area contributed by atoms with Gasteiger partial charge in [-0.05, 0) is 31.0 Å². The van der Waals surface area contributed by atoms with E-state index in [2.05, 4.69) is 0 Å². The molecule has 25 heavy (non-hydrogen) atoms. The van der Waals surface area contributed by atoms with Crippen LogP contribution >= 0.6 is 0 Å². The Morgan fingerprint density at radius 1 is 1.36 bits per heavy atom.